The van der Waals surface area contributed by atoms with E-state index in [-0.39, 0.29) is 5.60 Å². The average Bonchev–Trinajstić information content (AvgIpc) is 2.88. The highest BCUT2D eigenvalue weighted by Crippen LogP contribution is 2.39. The van der Waals surface area contributed by atoms with Gasteiger partial charge in [0.15, 0.2) is 0 Å². The Morgan fingerprint density at radius 1 is 1.33 bits per heavy atom. The van der Waals surface area contributed by atoms with Crippen molar-refractivity contribution in [1.82, 2.24) is 14.7 Å². The van der Waals surface area contributed by atoms with Gasteiger partial charge in [-0.05, 0) is 33.1 Å². The summed E-state index contributed by atoms with van der Waals surface area (Å²) >= 11 is 0. The third kappa shape index (κ3) is 3.47. The molecule has 2 fully saturated rings. The highest BCUT2D eigenvalue weighted by atomic mass is 16.5. The third-order valence-corrected chi connectivity index (χ3v) is 4.94. The fourth-order valence-corrected chi connectivity index (χ4v) is 3.68. The fraction of sp³-hybridized carbons (Fsp3) is 0.812. The van der Waals surface area contributed by atoms with Crippen molar-refractivity contribution in [2.45, 2.75) is 63.8 Å². The summed E-state index contributed by atoms with van der Waals surface area (Å²) in [4.78, 5) is 2.47. The zero-order valence-electron chi connectivity index (χ0n) is 13.2. The standard InChI is InChI=1S/C16H27N3O2/c1-3-19-12-14(10-17-19)11-18-7-4-16(5-8-18)13-15(2,20)6-9-21-16/h10,12,20H,3-9,11,13H2,1-2H3. The van der Waals surface area contributed by atoms with Crippen LogP contribution in [0.1, 0.15) is 45.1 Å². The van der Waals surface area contributed by atoms with Crippen LogP contribution >= 0.6 is 0 Å². The van der Waals surface area contributed by atoms with E-state index in [9.17, 15) is 5.11 Å². The average molecular weight is 293 g/mol. The van der Waals surface area contributed by atoms with E-state index in [1.165, 1.54) is 5.56 Å². The first-order valence-electron chi connectivity index (χ1n) is 8.10. The summed E-state index contributed by atoms with van der Waals surface area (Å²) in [5, 5.41) is 14.7. The number of rotatable bonds is 3. The summed E-state index contributed by atoms with van der Waals surface area (Å²) < 4.78 is 8.03. The zero-order valence-corrected chi connectivity index (χ0v) is 13.2. The van der Waals surface area contributed by atoms with Gasteiger partial charge in [0.2, 0.25) is 0 Å². The van der Waals surface area contributed by atoms with Crippen LogP contribution in [0.3, 0.4) is 0 Å². The van der Waals surface area contributed by atoms with Gasteiger partial charge >= 0.3 is 0 Å². The molecule has 1 N–H and O–H groups in total. The lowest BCUT2D eigenvalue weighted by Crippen LogP contribution is -2.53. The first kappa shape index (κ1) is 15.0. The molecule has 21 heavy (non-hydrogen) atoms. The molecule has 118 valence electrons. The van der Waals surface area contributed by atoms with Gasteiger partial charge < -0.3 is 9.84 Å². The maximum atomic E-state index is 10.3. The Hall–Kier alpha value is -0.910. The second-order valence-electron chi connectivity index (χ2n) is 6.94. The molecular weight excluding hydrogens is 266 g/mol. The second-order valence-corrected chi connectivity index (χ2v) is 6.94. The number of aryl methyl sites for hydroxylation is 1. The Labute approximate surface area is 126 Å². The SMILES string of the molecule is CCn1cc(CN2CCC3(CC2)CC(C)(O)CCO3)cn1. The molecule has 1 unspecified atom stereocenters. The minimum Gasteiger partial charge on any atom is -0.390 e. The Morgan fingerprint density at radius 3 is 2.71 bits per heavy atom. The van der Waals surface area contributed by atoms with Crippen LogP contribution in [0.5, 0.6) is 0 Å². The highest BCUT2D eigenvalue weighted by molar-refractivity contribution is 5.05. The molecule has 0 radical (unpaired) electrons. The minimum absolute atomic E-state index is 0.0914. The van der Waals surface area contributed by atoms with Gasteiger partial charge in [-0.2, -0.15) is 5.10 Å². The van der Waals surface area contributed by atoms with Gasteiger partial charge in [-0.15, -0.1) is 0 Å². The van der Waals surface area contributed by atoms with Crippen molar-refractivity contribution in [3.05, 3.63) is 18.0 Å². The Kier molecular flexibility index (Phi) is 4.08. The first-order chi connectivity index (χ1) is 10.0. The van der Waals surface area contributed by atoms with Gasteiger partial charge in [-0.25, -0.2) is 0 Å². The number of piperidine rings is 1. The van der Waals surface area contributed by atoms with E-state index >= 15 is 0 Å². The number of likely N-dealkylation sites (tertiary alicyclic amines) is 1. The normalized spacial score (nSPS) is 29.9. The Bertz CT molecular complexity index is 476. The molecule has 2 aliphatic rings. The van der Waals surface area contributed by atoms with E-state index in [0.717, 1.165) is 51.9 Å². The van der Waals surface area contributed by atoms with Crippen molar-refractivity contribution in [2.75, 3.05) is 19.7 Å². The molecule has 1 spiro atoms. The summed E-state index contributed by atoms with van der Waals surface area (Å²) in [6.07, 6.45) is 7.68. The summed E-state index contributed by atoms with van der Waals surface area (Å²) in [5.74, 6) is 0. The largest absolute Gasteiger partial charge is 0.390 e. The van der Waals surface area contributed by atoms with Crippen LogP contribution < -0.4 is 0 Å². The van der Waals surface area contributed by atoms with Gasteiger partial charge in [-0.1, -0.05) is 0 Å². The lowest BCUT2D eigenvalue weighted by Gasteiger charge is -2.48. The maximum absolute atomic E-state index is 10.3. The summed E-state index contributed by atoms with van der Waals surface area (Å²) in [6.45, 7) is 8.70. The van der Waals surface area contributed by atoms with Gasteiger partial charge in [0.05, 0.1) is 24.0 Å². The molecule has 2 aliphatic heterocycles. The molecule has 0 aromatic carbocycles. The number of aromatic nitrogens is 2. The third-order valence-electron chi connectivity index (χ3n) is 4.94. The fourth-order valence-electron chi connectivity index (χ4n) is 3.68. The molecule has 0 saturated carbocycles. The van der Waals surface area contributed by atoms with Crippen LogP contribution in [-0.4, -0.2) is 50.7 Å². The Morgan fingerprint density at radius 2 is 2.10 bits per heavy atom. The van der Waals surface area contributed by atoms with Gasteiger partial charge in [0.1, 0.15) is 0 Å². The maximum Gasteiger partial charge on any atom is 0.0734 e. The van der Waals surface area contributed by atoms with Crippen LogP contribution in [0.25, 0.3) is 0 Å². The zero-order chi connectivity index (χ0) is 14.9. The number of aliphatic hydroxyl groups is 1. The van der Waals surface area contributed by atoms with Crippen LogP contribution in [-0.2, 0) is 17.8 Å². The predicted octanol–water partition coefficient (Wildman–Crippen LogP) is 1.80. The van der Waals surface area contributed by atoms with Crippen molar-refractivity contribution in [3.63, 3.8) is 0 Å². The molecule has 5 heteroatoms. The number of nitrogens with zero attached hydrogens (tertiary/aromatic N) is 3. The van der Waals surface area contributed by atoms with E-state index in [0.29, 0.717) is 6.61 Å². The molecule has 0 aliphatic carbocycles. The van der Waals surface area contributed by atoms with Crippen molar-refractivity contribution in [2.24, 2.45) is 0 Å². The van der Waals surface area contributed by atoms with E-state index in [1.54, 1.807) is 0 Å². The lowest BCUT2D eigenvalue weighted by atomic mass is 9.78. The summed E-state index contributed by atoms with van der Waals surface area (Å²) in [6, 6.07) is 0. The molecule has 0 amide bonds. The molecule has 2 saturated heterocycles. The first-order valence-corrected chi connectivity index (χ1v) is 8.10. The minimum atomic E-state index is -0.553. The quantitative estimate of drug-likeness (QED) is 0.923. The number of hydrogen-bond acceptors (Lipinski definition) is 4. The smallest absolute Gasteiger partial charge is 0.0734 e. The van der Waals surface area contributed by atoms with Crippen LogP contribution in [0, 0.1) is 0 Å². The number of ether oxygens (including phenoxy) is 1. The lowest BCUT2D eigenvalue weighted by molar-refractivity contribution is -0.173. The predicted molar refractivity (Wildman–Crippen MR) is 81.0 cm³/mol. The van der Waals surface area contributed by atoms with E-state index in [1.807, 2.05) is 17.8 Å². The molecular formula is C16H27N3O2. The highest BCUT2D eigenvalue weighted by Gasteiger charge is 2.44. The topological polar surface area (TPSA) is 50.5 Å². The van der Waals surface area contributed by atoms with Crippen LogP contribution in [0.15, 0.2) is 12.4 Å². The van der Waals surface area contributed by atoms with E-state index in [4.69, 9.17) is 4.74 Å². The summed E-state index contributed by atoms with van der Waals surface area (Å²) in [7, 11) is 0. The van der Waals surface area contributed by atoms with Crippen molar-refractivity contribution in [3.8, 4) is 0 Å². The van der Waals surface area contributed by atoms with E-state index < -0.39 is 5.60 Å². The van der Waals surface area contributed by atoms with Gasteiger partial charge in [-0.3, -0.25) is 9.58 Å². The van der Waals surface area contributed by atoms with Crippen LogP contribution in [0.2, 0.25) is 0 Å². The van der Waals surface area contributed by atoms with Crippen LogP contribution in [0.4, 0.5) is 0 Å². The second kappa shape index (κ2) is 5.71. The van der Waals surface area contributed by atoms with Crippen molar-refractivity contribution < 1.29 is 9.84 Å². The molecule has 5 nitrogen and oxygen atoms in total. The van der Waals surface area contributed by atoms with Crippen molar-refractivity contribution in [1.29, 1.82) is 0 Å². The van der Waals surface area contributed by atoms with Crippen molar-refractivity contribution >= 4 is 0 Å². The molecule has 3 rings (SSSR count). The van der Waals surface area contributed by atoms with Gasteiger partial charge in [0, 0.05) is 44.4 Å². The van der Waals surface area contributed by atoms with E-state index in [2.05, 4.69) is 23.1 Å². The Balaban J connectivity index is 1.55. The molecule has 1 aromatic heterocycles. The monoisotopic (exact) mass is 293 g/mol. The summed E-state index contributed by atoms with van der Waals surface area (Å²) in [5.41, 5.74) is 0.638. The van der Waals surface area contributed by atoms with Gasteiger partial charge in [0.25, 0.3) is 0 Å². The molecule has 1 aromatic rings. The molecule has 1 atom stereocenters. The molecule has 0 bridgehead atoms. The number of hydrogen-bond donors (Lipinski definition) is 1. The molecule has 3 heterocycles.